The van der Waals surface area contributed by atoms with Gasteiger partial charge in [-0.2, -0.15) is 0 Å². The second-order valence-corrected chi connectivity index (χ2v) is 6.50. The third kappa shape index (κ3) is 4.53. The molecule has 1 aromatic rings. The number of rotatable bonds is 5. The number of morpholine rings is 1. The minimum absolute atomic E-state index is 0.0265. The predicted molar refractivity (Wildman–Crippen MR) is 87.5 cm³/mol. The lowest BCUT2D eigenvalue weighted by molar-refractivity contribution is 0.00672. The normalized spacial score (nSPS) is 17.7. The van der Waals surface area contributed by atoms with Crippen molar-refractivity contribution in [2.24, 2.45) is 5.92 Å². The van der Waals surface area contributed by atoms with E-state index < -0.39 is 0 Å². The van der Waals surface area contributed by atoms with Crippen LogP contribution in [0.4, 0.5) is 0 Å². The van der Waals surface area contributed by atoms with Crippen molar-refractivity contribution in [1.29, 1.82) is 0 Å². The van der Waals surface area contributed by atoms with Crippen molar-refractivity contribution in [3.05, 3.63) is 34.3 Å². The van der Waals surface area contributed by atoms with Crippen molar-refractivity contribution in [1.82, 2.24) is 10.2 Å². The van der Waals surface area contributed by atoms with E-state index in [1.807, 2.05) is 24.3 Å². The van der Waals surface area contributed by atoms with E-state index in [1.54, 1.807) is 0 Å². The van der Waals surface area contributed by atoms with Crippen LogP contribution in [0.15, 0.2) is 28.7 Å². The zero-order chi connectivity index (χ0) is 15.2. The van der Waals surface area contributed by atoms with E-state index in [-0.39, 0.29) is 5.91 Å². The molecule has 0 radical (unpaired) electrons. The van der Waals surface area contributed by atoms with Gasteiger partial charge in [0.1, 0.15) is 0 Å². The third-order valence-electron chi connectivity index (χ3n) is 3.87. The minimum Gasteiger partial charge on any atom is -0.379 e. The van der Waals surface area contributed by atoms with Crippen molar-refractivity contribution in [3.63, 3.8) is 0 Å². The lowest BCUT2D eigenvalue weighted by atomic mass is 10.0. The molecule has 1 fully saturated rings. The standard InChI is InChI=1S/C16H23BrN2O2/c1-12(2)15(19-7-9-21-10-8-19)11-18-16(20)13-5-3-4-6-14(13)17/h3-6,12,15H,7-11H2,1-2H3,(H,18,20). The Balaban J connectivity index is 1.95. The van der Waals surface area contributed by atoms with E-state index in [9.17, 15) is 4.79 Å². The van der Waals surface area contributed by atoms with Gasteiger partial charge in [-0.25, -0.2) is 0 Å². The van der Waals surface area contributed by atoms with Crippen LogP contribution >= 0.6 is 15.9 Å². The van der Waals surface area contributed by atoms with E-state index >= 15 is 0 Å². The number of hydrogen-bond acceptors (Lipinski definition) is 3. The number of nitrogens with one attached hydrogen (secondary N) is 1. The summed E-state index contributed by atoms with van der Waals surface area (Å²) < 4.78 is 6.23. The minimum atomic E-state index is -0.0265. The smallest absolute Gasteiger partial charge is 0.252 e. The number of hydrogen-bond donors (Lipinski definition) is 1. The molecule has 0 aromatic heterocycles. The second-order valence-electron chi connectivity index (χ2n) is 5.65. The second kappa shape index (κ2) is 7.92. The van der Waals surface area contributed by atoms with E-state index in [0.717, 1.165) is 30.8 Å². The molecule has 5 heteroatoms. The van der Waals surface area contributed by atoms with Gasteiger partial charge in [-0.1, -0.05) is 26.0 Å². The first-order chi connectivity index (χ1) is 10.1. The molecule has 1 heterocycles. The molecule has 0 bridgehead atoms. The Bertz CT molecular complexity index is 473. The van der Waals surface area contributed by atoms with Crippen molar-refractivity contribution in [2.45, 2.75) is 19.9 Å². The fourth-order valence-corrected chi connectivity index (χ4v) is 3.10. The van der Waals surface area contributed by atoms with Crippen LogP contribution in [-0.4, -0.2) is 49.7 Å². The first-order valence-electron chi connectivity index (χ1n) is 7.44. The van der Waals surface area contributed by atoms with Crippen LogP contribution < -0.4 is 5.32 Å². The molecule has 4 nitrogen and oxygen atoms in total. The number of amides is 1. The molecule has 1 unspecified atom stereocenters. The van der Waals surface area contributed by atoms with Crippen LogP contribution in [0.25, 0.3) is 0 Å². The van der Waals surface area contributed by atoms with Crippen LogP contribution in [0.2, 0.25) is 0 Å². The van der Waals surface area contributed by atoms with Gasteiger partial charge in [-0.15, -0.1) is 0 Å². The number of carbonyl (C=O) groups excluding carboxylic acids is 1. The van der Waals surface area contributed by atoms with Gasteiger partial charge >= 0.3 is 0 Å². The number of carbonyl (C=O) groups is 1. The van der Waals surface area contributed by atoms with Gasteiger partial charge in [0.2, 0.25) is 0 Å². The van der Waals surface area contributed by atoms with Gasteiger partial charge in [0, 0.05) is 30.1 Å². The summed E-state index contributed by atoms with van der Waals surface area (Å²) >= 11 is 3.42. The highest BCUT2D eigenvalue weighted by atomic mass is 79.9. The Kier molecular flexibility index (Phi) is 6.21. The summed E-state index contributed by atoms with van der Waals surface area (Å²) in [5, 5.41) is 3.07. The summed E-state index contributed by atoms with van der Waals surface area (Å²) in [6.45, 7) is 8.50. The lowest BCUT2D eigenvalue weighted by Gasteiger charge is -2.36. The Hall–Kier alpha value is -0.910. The van der Waals surface area contributed by atoms with E-state index in [0.29, 0.717) is 24.1 Å². The summed E-state index contributed by atoms with van der Waals surface area (Å²) in [6.07, 6.45) is 0. The highest BCUT2D eigenvalue weighted by molar-refractivity contribution is 9.10. The van der Waals surface area contributed by atoms with Crippen LogP contribution in [0.5, 0.6) is 0 Å². The van der Waals surface area contributed by atoms with Gasteiger partial charge in [0.15, 0.2) is 0 Å². The monoisotopic (exact) mass is 354 g/mol. The maximum atomic E-state index is 12.3. The fourth-order valence-electron chi connectivity index (χ4n) is 2.63. The molecular formula is C16H23BrN2O2. The van der Waals surface area contributed by atoms with Crippen LogP contribution in [0.3, 0.4) is 0 Å². The van der Waals surface area contributed by atoms with Crippen LogP contribution in [0.1, 0.15) is 24.2 Å². The number of ether oxygens (including phenoxy) is 1. The summed E-state index contributed by atoms with van der Waals surface area (Å²) in [6, 6.07) is 7.85. The molecule has 2 rings (SSSR count). The molecule has 1 aliphatic heterocycles. The van der Waals surface area contributed by atoms with Crippen LogP contribution in [-0.2, 0) is 4.74 Å². The number of nitrogens with zero attached hydrogens (tertiary/aromatic N) is 1. The van der Waals surface area contributed by atoms with Crippen molar-refractivity contribution < 1.29 is 9.53 Å². The van der Waals surface area contributed by atoms with E-state index in [1.165, 1.54) is 0 Å². The molecule has 1 amide bonds. The molecule has 1 N–H and O–H groups in total. The molecule has 0 spiro atoms. The predicted octanol–water partition coefficient (Wildman–Crippen LogP) is 2.54. The Labute approximate surface area is 135 Å². The van der Waals surface area contributed by atoms with Gasteiger partial charge in [-0.05, 0) is 34.0 Å². The van der Waals surface area contributed by atoms with Crippen molar-refractivity contribution in [2.75, 3.05) is 32.8 Å². The molecule has 21 heavy (non-hydrogen) atoms. The molecule has 1 saturated heterocycles. The quantitative estimate of drug-likeness (QED) is 0.883. The molecule has 1 aromatic carbocycles. The van der Waals surface area contributed by atoms with Gasteiger partial charge in [0.25, 0.3) is 5.91 Å². The maximum absolute atomic E-state index is 12.3. The average Bonchev–Trinajstić information content (AvgIpc) is 2.48. The van der Waals surface area contributed by atoms with Gasteiger partial charge in [-0.3, -0.25) is 9.69 Å². The maximum Gasteiger partial charge on any atom is 0.252 e. The number of halogens is 1. The van der Waals surface area contributed by atoms with E-state index in [4.69, 9.17) is 4.74 Å². The molecular weight excluding hydrogens is 332 g/mol. The topological polar surface area (TPSA) is 41.6 Å². The highest BCUT2D eigenvalue weighted by Gasteiger charge is 2.24. The summed E-state index contributed by atoms with van der Waals surface area (Å²) in [4.78, 5) is 14.7. The van der Waals surface area contributed by atoms with Crippen molar-refractivity contribution >= 4 is 21.8 Å². The van der Waals surface area contributed by atoms with Gasteiger partial charge in [0.05, 0.1) is 18.8 Å². The zero-order valence-corrected chi connectivity index (χ0v) is 14.2. The fraction of sp³-hybridized carbons (Fsp3) is 0.562. The summed E-state index contributed by atoms with van der Waals surface area (Å²) in [5.74, 6) is 0.462. The first kappa shape index (κ1) is 16.5. The summed E-state index contributed by atoms with van der Waals surface area (Å²) in [5.41, 5.74) is 0.682. The molecule has 0 saturated carbocycles. The first-order valence-corrected chi connectivity index (χ1v) is 8.23. The highest BCUT2D eigenvalue weighted by Crippen LogP contribution is 2.16. The zero-order valence-electron chi connectivity index (χ0n) is 12.6. The third-order valence-corrected chi connectivity index (χ3v) is 4.57. The Morgan fingerprint density at radius 1 is 1.33 bits per heavy atom. The largest absolute Gasteiger partial charge is 0.379 e. The molecule has 0 aliphatic carbocycles. The molecule has 1 atom stereocenters. The van der Waals surface area contributed by atoms with Crippen LogP contribution in [0, 0.1) is 5.92 Å². The van der Waals surface area contributed by atoms with Crippen molar-refractivity contribution in [3.8, 4) is 0 Å². The molecule has 116 valence electrons. The SMILES string of the molecule is CC(C)C(CNC(=O)c1ccccc1Br)N1CCOCC1. The average molecular weight is 355 g/mol. The lowest BCUT2D eigenvalue weighted by Crippen LogP contribution is -2.51. The summed E-state index contributed by atoms with van der Waals surface area (Å²) in [7, 11) is 0. The Morgan fingerprint density at radius 2 is 2.00 bits per heavy atom. The van der Waals surface area contributed by atoms with E-state index in [2.05, 4.69) is 40.0 Å². The Morgan fingerprint density at radius 3 is 2.62 bits per heavy atom. The number of benzene rings is 1. The van der Waals surface area contributed by atoms with Gasteiger partial charge < -0.3 is 10.1 Å². The molecule has 1 aliphatic rings.